The van der Waals surface area contributed by atoms with Crippen LogP contribution in [0.4, 0.5) is 5.13 Å². The summed E-state index contributed by atoms with van der Waals surface area (Å²) in [6, 6.07) is -1.14. The van der Waals surface area contributed by atoms with Gasteiger partial charge < -0.3 is 30.5 Å². The first-order chi connectivity index (χ1) is 14.5. The Morgan fingerprint density at radius 2 is 2.06 bits per heavy atom. The van der Waals surface area contributed by atoms with E-state index in [1.54, 1.807) is 13.8 Å². The van der Waals surface area contributed by atoms with E-state index in [0.717, 1.165) is 23.5 Å². The molecule has 3 heterocycles. The molecular formula is C17H19N6O7S-. The summed E-state index contributed by atoms with van der Waals surface area (Å²) in [5, 5.41) is 21.8. The highest BCUT2D eigenvalue weighted by molar-refractivity contribution is 7.13. The maximum atomic E-state index is 13.0. The van der Waals surface area contributed by atoms with Crippen LogP contribution in [0.3, 0.4) is 0 Å². The van der Waals surface area contributed by atoms with Crippen LogP contribution in [0.5, 0.6) is 0 Å². The van der Waals surface area contributed by atoms with Crippen molar-refractivity contribution in [1.29, 1.82) is 0 Å². The number of carbonyl (C=O) groups excluding carboxylic acids is 4. The standard InChI is InChI=1S/C17H20N6O7S/c1-17(2)9(15(28)29-3)11(14(26)27)23-13(25)7(5-22(17)23)19-12(24)10(21-30-4)8-6-31-16(18)20-8/h6-7H,5H2,1-4H3,(H2,18,20)(H,19,24)(H,26,27)/p-1/b21-10-. The number of oxime groups is 1. The number of anilines is 1. The minimum Gasteiger partial charge on any atom is -0.543 e. The zero-order valence-electron chi connectivity index (χ0n) is 17.0. The number of fused-ring (bicyclic) bond motifs is 1. The Bertz CT molecular complexity index is 1030. The van der Waals surface area contributed by atoms with E-state index in [-0.39, 0.29) is 28.7 Å². The molecule has 166 valence electrons. The van der Waals surface area contributed by atoms with E-state index in [9.17, 15) is 24.3 Å². The predicted octanol–water partition coefficient (Wildman–Crippen LogP) is -2.41. The monoisotopic (exact) mass is 451 g/mol. The van der Waals surface area contributed by atoms with Gasteiger partial charge in [0.05, 0.1) is 29.9 Å². The molecule has 1 atom stereocenters. The quantitative estimate of drug-likeness (QED) is 0.269. The Labute approximate surface area is 180 Å². The van der Waals surface area contributed by atoms with Gasteiger partial charge in [0.15, 0.2) is 10.8 Å². The lowest BCUT2D eigenvalue weighted by Gasteiger charge is -2.32. The minimum atomic E-state index is -1.73. The van der Waals surface area contributed by atoms with Crippen molar-refractivity contribution in [2.45, 2.75) is 25.4 Å². The number of amides is 2. The van der Waals surface area contributed by atoms with Crippen LogP contribution in [-0.2, 0) is 28.8 Å². The molecule has 31 heavy (non-hydrogen) atoms. The number of hydrogen-bond donors (Lipinski definition) is 2. The molecule has 14 heteroatoms. The van der Waals surface area contributed by atoms with Crippen molar-refractivity contribution >= 4 is 45.9 Å². The Kier molecular flexibility index (Phi) is 5.69. The van der Waals surface area contributed by atoms with Crippen molar-refractivity contribution in [3.8, 4) is 0 Å². The third-order valence-electron chi connectivity index (χ3n) is 4.86. The molecule has 3 rings (SSSR count). The fraction of sp³-hybridized carbons (Fsp3) is 0.412. The third-order valence-corrected chi connectivity index (χ3v) is 5.53. The van der Waals surface area contributed by atoms with Gasteiger partial charge in [-0.25, -0.2) is 19.8 Å². The summed E-state index contributed by atoms with van der Waals surface area (Å²) in [7, 11) is 2.34. The summed E-state index contributed by atoms with van der Waals surface area (Å²) in [6.07, 6.45) is 0. The number of carboxylic acids is 1. The number of nitrogens with one attached hydrogen (secondary N) is 1. The zero-order chi connectivity index (χ0) is 23.1. The number of ether oxygens (including phenoxy) is 1. The van der Waals surface area contributed by atoms with Gasteiger partial charge in [-0.3, -0.25) is 9.59 Å². The van der Waals surface area contributed by atoms with Gasteiger partial charge in [0.2, 0.25) is 0 Å². The maximum absolute atomic E-state index is 13.0. The lowest BCUT2D eigenvalue weighted by molar-refractivity contribution is -0.301. The Balaban J connectivity index is 1.91. The molecule has 2 amide bonds. The highest BCUT2D eigenvalue weighted by Crippen LogP contribution is 2.41. The van der Waals surface area contributed by atoms with Gasteiger partial charge in [0.25, 0.3) is 11.8 Å². The van der Waals surface area contributed by atoms with Crippen molar-refractivity contribution in [3.63, 3.8) is 0 Å². The molecule has 13 nitrogen and oxygen atoms in total. The number of hydrazine groups is 1. The first-order valence-corrected chi connectivity index (χ1v) is 9.71. The summed E-state index contributed by atoms with van der Waals surface area (Å²) in [6.45, 7) is 2.99. The topological polar surface area (TPSA) is 180 Å². The number of aliphatic carboxylic acids is 1. The van der Waals surface area contributed by atoms with Crippen LogP contribution < -0.4 is 16.2 Å². The highest BCUT2D eigenvalue weighted by Gasteiger charge is 2.56. The number of thiazole rings is 1. The van der Waals surface area contributed by atoms with Gasteiger partial charge in [-0.05, 0) is 13.8 Å². The van der Waals surface area contributed by atoms with Gasteiger partial charge in [-0.15, -0.1) is 11.3 Å². The third kappa shape index (κ3) is 3.59. The maximum Gasteiger partial charge on any atom is 0.337 e. The van der Waals surface area contributed by atoms with Crippen LogP contribution in [0.2, 0.25) is 0 Å². The number of aromatic nitrogens is 1. The number of esters is 1. The van der Waals surface area contributed by atoms with Crippen molar-refractivity contribution in [3.05, 3.63) is 22.3 Å². The second-order valence-corrected chi connectivity index (χ2v) is 7.90. The molecule has 0 aromatic carbocycles. The summed E-state index contributed by atoms with van der Waals surface area (Å²) in [5.74, 6) is -4.18. The van der Waals surface area contributed by atoms with Gasteiger partial charge in [0.1, 0.15) is 18.8 Å². The Hall–Kier alpha value is -3.52. The molecule has 1 unspecified atom stereocenters. The molecule has 2 aliphatic rings. The van der Waals surface area contributed by atoms with Gasteiger partial charge in [-0.2, -0.15) is 0 Å². The Morgan fingerprint density at radius 1 is 1.39 bits per heavy atom. The van der Waals surface area contributed by atoms with E-state index >= 15 is 0 Å². The number of methoxy groups -OCH3 is 1. The largest absolute Gasteiger partial charge is 0.543 e. The summed E-state index contributed by atoms with van der Waals surface area (Å²) < 4.78 is 4.68. The second kappa shape index (κ2) is 7.96. The first-order valence-electron chi connectivity index (χ1n) is 8.83. The predicted molar refractivity (Wildman–Crippen MR) is 104 cm³/mol. The normalized spacial score (nSPS) is 20.6. The van der Waals surface area contributed by atoms with E-state index in [4.69, 9.17) is 5.73 Å². The number of carbonyl (C=O) groups is 4. The number of nitrogens with two attached hydrogens (primary N) is 1. The number of carboxylic acid groups (broad SMARTS) is 1. The molecule has 3 N–H and O–H groups in total. The fourth-order valence-corrected chi connectivity index (χ4v) is 4.04. The van der Waals surface area contributed by atoms with E-state index in [2.05, 4.69) is 25.0 Å². The summed E-state index contributed by atoms with van der Waals surface area (Å²) >= 11 is 1.09. The number of nitrogen functional groups attached to an aromatic ring is 1. The van der Waals surface area contributed by atoms with Crippen molar-refractivity contribution < 1.29 is 33.9 Å². The van der Waals surface area contributed by atoms with Crippen LogP contribution in [0.15, 0.2) is 21.8 Å². The molecule has 2 aliphatic heterocycles. The molecule has 0 aliphatic carbocycles. The average Bonchev–Trinajstić information content (AvgIpc) is 3.33. The Morgan fingerprint density at radius 3 is 2.58 bits per heavy atom. The van der Waals surface area contributed by atoms with E-state index in [1.165, 1.54) is 17.5 Å². The van der Waals surface area contributed by atoms with Crippen LogP contribution in [0.25, 0.3) is 0 Å². The van der Waals surface area contributed by atoms with Gasteiger partial charge in [-0.1, -0.05) is 5.16 Å². The van der Waals surface area contributed by atoms with Crippen LogP contribution in [0, 0.1) is 0 Å². The molecule has 0 spiro atoms. The molecule has 0 radical (unpaired) electrons. The minimum absolute atomic E-state index is 0.117. The fourth-order valence-electron chi connectivity index (χ4n) is 3.50. The summed E-state index contributed by atoms with van der Waals surface area (Å²) in [4.78, 5) is 58.4. The molecule has 1 aromatic heterocycles. The molecule has 1 fully saturated rings. The summed E-state index contributed by atoms with van der Waals surface area (Å²) in [5.41, 5.74) is 3.45. The van der Waals surface area contributed by atoms with Crippen LogP contribution in [-0.4, -0.2) is 76.8 Å². The number of nitrogens with zero attached hydrogens (tertiary/aromatic N) is 4. The second-order valence-electron chi connectivity index (χ2n) is 7.01. The van der Waals surface area contributed by atoms with Crippen molar-refractivity contribution in [1.82, 2.24) is 20.3 Å². The van der Waals surface area contributed by atoms with Crippen LogP contribution >= 0.6 is 11.3 Å². The van der Waals surface area contributed by atoms with Crippen LogP contribution in [0.1, 0.15) is 19.5 Å². The smallest absolute Gasteiger partial charge is 0.337 e. The van der Waals surface area contributed by atoms with Gasteiger partial charge in [0, 0.05) is 11.9 Å². The molecular weight excluding hydrogens is 432 g/mol. The van der Waals surface area contributed by atoms with E-state index in [1.807, 2.05) is 0 Å². The lowest BCUT2D eigenvalue weighted by Crippen LogP contribution is -2.47. The number of rotatable bonds is 6. The van der Waals surface area contributed by atoms with Crippen molar-refractivity contribution in [2.75, 3.05) is 26.5 Å². The first kappa shape index (κ1) is 22.2. The van der Waals surface area contributed by atoms with E-state index < -0.39 is 41.0 Å². The van der Waals surface area contributed by atoms with E-state index in [0.29, 0.717) is 0 Å². The highest BCUT2D eigenvalue weighted by atomic mass is 32.1. The molecule has 0 saturated carbocycles. The SMILES string of the molecule is CO/N=C(\C(=O)NC1CN2N(C1=O)C(C(=O)[O-])=C(C(=O)OC)C2(C)C)c1csc(N)n1. The molecule has 0 bridgehead atoms. The zero-order valence-corrected chi connectivity index (χ0v) is 17.8. The lowest BCUT2D eigenvalue weighted by atomic mass is 9.92. The molecule has 1 saturated heterocycles. The average molecular weight is 451 g/mol. The number of hydrogen-bond acceptors (Lipinski definition) is 12. The molecule has 1 aromatic rings. The van der Waals surface area contributed by atoms with Crippen molar-refractivity contribution in [2.24, 2.45) is 5.16 Å². The van der Waals surface area contributed by atoms with Gasteiger partial charge >= 0.3 is 5.97 Å².